The van der Waals surface area contributed by atoms with E-state index in [1.165, 1.54) is 22.3 Å². The van der Waals surface area contributed by atoms with Gasteiger partial charge in [-0.2, -0.15) is 0 Å². The van der Waals surface area contributed by atoms with Crippen molar-refractivity contribution in [3.05, 3.63) is 101 Å². The van der Waals surface area contributed by atoms with E-state index in [1.54, 1.807) is 0 Å². The molecule has 0 fully saturated rings. The maximum Gasteiger partial charge on any atom is 0.119 e. The minimum absolute atomic E-state index is 0.296. The Morgan fingerprint density at radius 1 is 0.862 bits per heavy atom. The molecule has 0 heterocycles. The van der Waals surface area contributed by atoms with E-state index in [1.807, 2.05) is 74.5 Å². The van der Waals surface area contributed by atoms with Crippen LogP contribution in [0.25, 0.3) is 0 Å². The highest BCUT2D eigenvalue weighted by atomic mass is 16.5. The van der Waals surface area contributed by atoms with Crippen molar-refractivity contribution in [2.45, 2.75) is 33.0 Å². The molecule has 0 spiro atoms. The Kier molecular flexibility index (Phi) is 9.93. The quantitative estimate of drug-likeness (QED) is 0.542. The zero-order valence-electron chi connectivity index (χ0n) is 17.3. The predicted octanol–water partition coefficient (Wildman–Crippen LogP) is 3.98. The highest BCUT2D eigenvalue weighted by Gasteiger charge is 2.05. The second kappa shape index (κ2) is 12.7. The summed E-state index contributed by atoms with van der Waals surface area (Å²) in [6, 6.07) is 26.2. The molecule has 0 aliphatic rings. The number of hydrogen-bond donors (Lipinski definition) is 3. The van der Waals surface area contributed by atoms with Gasteiger partial charge >= 0.3 is 0 Å². The molecule has 0 radical (unpaired) electrons. The third-order valence-electron chi connectivity index (χ3n) is 4.27. The lowest BCUT2D eigenvalue weighted by atomic mass is 10.1. The van der Waals surface area contributed by atoms with Gasteiger partial charge in [0.05, 0.1) is 0 Å². The molecule has 29 heavy (non-hydrogen) atoms. The van der Waals surface area contributed by atoms with Gasteiger partial charge in [0.25, 0.3) is 0 Å². The number of ether oxygens (including phenoxy) is 1. The number of nitrogens with two attached hydrogens (primary N) is 1. The van der Waals surface area contributed by atoms with Crippen molar-refractivity contribution in [2.24, 2.45) is 5.73 Å². The largest absolute Gasteiger partial charge is 0.491 e. The molecule has 1 atom stereocenters. The fourth-order valence-corrected chi connectivity index (χ4v) is 2.86. The van der Waals surface area contributed by atoms with Crippen LogP contribution in [0.1, 0.15) is 22.3 Å². The number of aliphatic hydroxyl groups excluding tert-OH is 1. The zero-order valence-corrected chi connectivity index (χ0v) is 17.3. The molecule has 0 aliphatic heterocycles. The Labute approximate surface area is 174 Å². The molecule has 0 saturated carbocycles. The van der Waals surface area contributed by atoms with Crippen LogP contribution in [-0.2, 0) is 13.1 Å². The molecule has 3 aromatic rings. The number of rotatable bonds is 8. The Bertz CT molecular complexity index is 802. The average Bonchev–Trinajstić information content (AvgIpc) is 2.73. The normalized spacial score (nSPS) is 11.3. The average molecular weight is 393 g/mol. The first-order valence-electron chi connectivity index (χ1n) is 9.94. The summed E-state index contributed by atoms with van der Waals surface area (Å²) in [4.78, 5) is 0. The van der Waals surface area contributed by atoms with Crippen molar-refractivity contribution in [1.82, 2.24) is 5.32 Å². The SMILES string of the molecule is Cc1cc(C)cc(OCC(O)CNCc2ccccc2)c1.NCc1ccccc1. The summed E-state index contributed by atoms with van der Waals surface area (Å²) in [6.45, 7) is 6.28. The second-order valence-corrected chi connectivity index (χ2v) is 7.09. The van der Waals surface area contributed by atoms with Gasteiger partial charge in [0.2, 0.25) is 0 Å². The standard InChI is InChI=1S/C18H23NO2.C7H9N/c1-14-8-15(2)10-18(9-14)21-13-17(20)12-19-11-16-6-4-3-5-7-16;8-6-7-4-2-1-3-5-7/h3-10,17,19-20H,11-13H2,1-2H3;1-5H,6,8H2. The van der Waals surface area contributed by atoms with E-state index in [4.69, 9.17) is 10.5 Å². The van der Waals surface area contributed by atoms with Crippen molar-refractivity contribution in [3.63, 3.8) is 0 Å². The molecule has 4 N–H and O–H groups in total. The summed E-state index contributed by atoms with van der Waals surface area (Å²) in [6.07, 6.45) is -0.519. The van der Waals surface area contributed by atoms with Gasteiger partial charge in [0.15, 0.2) is 0 Å². The molecule has 154 valence electrons. The van der Waals surface area contributed by atoms with E-state index < -0.39 is 6.10 Å². The van der Waals surface area contributed by atoms with Crippen LogP contribution in [0.15, 0.2) is 78.9 Å². The monoisotopic (exact) mass is 392 g/mol. The fourth-order valence-electron chi connectivity index (χ4n) is 2.86. The lowest BCUT2D eigenvalue weighted by Crippen LogP contribution is -2.31. The van der Waals surface area contributed by atoms with Gasteiger partial charge < -0.3 is 20.9 Å². The summed E-state index contributed by atoms with van der Waals surface area (Å²) >= 11 is 0. The molecule has 0 amide bonds. The smallest absolute Gasteiger partial charge is 0.119 e. The molecular formula is C25H32N2O2. The summed E-state index contributed by atoms with van der Waals surface area (Å²) in [7, 11) is 0. The lowest BCUT2D eigenvalue weighted by molar-refractivity contribution is 0.106. The Hall–Kier alpha value is -2.66. The van der Waals surface area contributed by atoms with Crippen LogP contribution in [0.3, 0.4) is 0 Å². The molecule has 3 rings (SSSR count). The first-order chi connectivity index (χ1) is 14.1. The molecule has 0 bridgehead atoms. The van der Waals surface area contributed by atoms with Gasteiger partial charge in [-0.25, -0.2) is 0 Å². The van der Waals surface area contributed by atoms with Gasteiger partial charge in [0.1, 0.15) is 18.5 Å². The number of aliphatic hydroxyl groups is 1. The number of benzene rings is 3. The van der Waals surface area contributed by atoms with Crippen LogP contribution in [0.4, 0.5) is 0 Å². The third kappa shape index (κ3) is 9.39. The Balaban J connectivity index is 0.000000313. The minimum atomic E-state index is -0.519. The van der Waals surface area contributed by atoms with E-state index >= 15 is 0 Å². The van der Waals surface area contributed by atoms with Crippen LogP contribution in [0.2, 0.25) is 0 Å². The fraction of sp³-hybridized carbons (Fsp3) is 0.280. The minimum Gasteiger partial charge on any atom is -0.491 e. The second-order valence-electron chi connectivity index (χ2n) is 7.09. The van der Waals surface area contributed by atoms with Crippen molar-refractivity contribution >= 4 is 0 Å². The van der Waals surface area contributed by atoms with Crippen LogP contribution >= 0.6 is 0 Å². The van der Waals surface area contributed by atoms with Crippen molar-refractivity contribution in [2.75, 3.05) is 13.2 Å². The Morgan fingerprint density at radius 2 is 1.41 bits per heavy atom. The maximum absolute atomic E-state index is 9.94. The molecular weight excluding hydrogens is 360 g/mol. The molecule has 4 nitrogen and oxygen atoms in total. The molecule has 0 saturated heterocycles. The molecule has 3 aromatic carbocycles. The van der Waals surface area contributed by atoms with Gasteiger partial charge in [0, 0.05) is 19.6 Å². The van der Waals surface area contributed by atoms with E-state index in [0.29, 0.717) is 19.7 Å². The summed E-state index contributed by atoms with van der Waals surface area (Å²) in [5.41, 5.74) is 10.1. The molecule has 0 aliphatic carbocycles. The van der Waals surface area contributed by atoms with Crippen LogP contribution < -0.4 is 15.8 Å². The zero-order chi connectivity index (χ0) is 20.9. The summed E-state index contributed by atoms with van der Waals surface area (Å²) in [5, 5.41) is 13.2. The van der Waals surface area contributed by atoms with Crippen molar-refractivity contribution in [3.8, 4) is 5.75 Å². The van der Waals surface area contributed by atoms with Gasteiger partial charge in [-0.1, -0.05) is 66.7 Å². The molecule has 4 heteroatoms. The van der Waals surface area contributed by atoms with Crippen molar-refractivity contribution in [1.29, 1.82) is 0 Å². The lowest BCUT2D eigenvalue weighted by Gasteiger charge is -2.14. The van der Waals surface area contributed by atoms with Gasteiger partial charge in [-0.3, -0.25) is 0 Å². The number of aryl methyl sites for hydroxylation is 2. The van der Waals surface area contributed by atoms with E-state index in [9.17, 15) is 5.11 Å². The summed E-state index contributed by atoms with van der Waals surface area (Å²) in [5.74, 6) is 0.814. The van der Waals surface area contributed by atoms with Crippen LogP contribution in [0.5, 0.6) is 5.75 Å². The molecule has 0 aromatic heterocycles. The van der Waals surface area contributed by atoms with E-state index in [-0.39, 0.29) is 0 Å². The van der Waals surface area contributed by atoms with Gasteiger partial charge in [-0.15, -0.1) is 0 Å². The number of nitrogens with one attached hydrogen (secondary N) is 1. The van der Waals surface area contributed by atoms with Gasteiger partial charge in [-0.05, 0) is 48.2 Å². The van der Waals surface area contributed by atoms with Crippen LogP contribution in [0, 0.1) is 13.8 Å². The first kappa shape index (κ1) is 22.6. The van der Waals surface area contributed by atoms with Crippen LogP contribution in [-0.4, -0.2) is 24.4 Å². The van der Waals surface area contributed by atoms with Crippen molar-refractivity contribution < 1.29 is 9.84 Å². The predicted molar refractivity (Wildman–Crippen MR) is 120 cm³/mol. The molecule has 1 unspecified atom stereocenters. The first-order valence-corrected chi connectivity index (χ1v) is 9.94. The Morgan fingerprint density at radius 3 is 1.93 bits per heavy atom. The summed E-state index contributed by atoms with van der Waals surface area (Å²) < 4.78 is 5.64. The topological polar surface area (TPSA) is 67.5 Å². The third-order valence-corrected chi connectivity index (χ3v) is 4.27. The highest BCUT2D eigenvalue weighted by molar-refractivity contribution is 5.33. The number of hydrogen-bond acceptors (Lipinski definition) is 4. The van der Waals surface area contributed by atoms with E-state index in [0.717, 1.165) is 12.3 Å². The maximum atomic E-state index is 9.94. The highest BCUT2D eigenvalue weighted by Crippen LogP contribution is 2.16. The van der Waals surface area contributed by atoms with E-state index in [2.05, 4.69) is 23.5 Å².